The molecule has 5 nitrogen and oxygen atoms in total. The second-order valence-electron chi connectivity index (χ2n) is 6.63. The summed E-state index contributed by atoms with van der Waals surface area (Å²) in [6.07, 6.45) is -4.50. The highest BCUT2D eigenvalue weighted by molar-refractivity contribution is 6.06. The number of esters is 1. The van der Waals surface area contributed by atoms with Crippen molar-refractivity contribution in [3.8, 4) is 6.07 Å². The maximum absolute atomic E-state index is 12.9. The summed E-state index contributed by atoms with van der Waals surface area (Å²) >= 11 is 0. The number of alkyl halides is 3. The lowest BCUT2D eigenvalue weighted by Gasteiger charge is -2.12. The van der Waals surface area contributed by atoms with E-state index in [9.17, 15) is 28.0 Å². The molecule has 0 radical (unpaired) electrons. The number of nitrogens with one attached hydrogen (secondary N) is 1. The van der Waals surface area contributed by atoms with Gasteiger partial charge in [0.25, 0.3) is 0 Å². The summed E-state index contributed by atoms with van der Waals surface area (Å²) in [5.41, 5.74) is -1.83. The first-order valence-electron chi connectivity index (χ1n) is 8.87. The first-order chi connectivity index (χ1) is 13.8. The Kier molecular flexibility index (Phi) is 5.33. The van der Waals surface area contributed by atoms with Crippen LogP contribution in [0.15, 0.2) is 54.6 Å². The molecule has 0 bridgehead atoms. The van der Waals surface area contributed by atoms with Gasteiger partial charge in [0, 0.05) is 11.6 Å². The van der Waals surface area contributed by atoms with Crippen LogP contribution in [0, 0.1) is 22.7 Å². The lowest BCUT2D eigenvalue weighted by molar-refractivity contribution is -0.146. The third-order valence-corrected chi connectivity index (χ3v) is 4.94. The predicted molar refractivity (Wildman–Crippen MR) is 97.4 cm³/mol. The molecular formula is C21H17F3N2O3. The number of benzene rings is 2. The molecule has 0 saturated heterocycles. The average Bonchev–Trinajstić information content (AvgIpc) is 3.39. The van der Waals surface area contributed by atoms with Crippen LogP contribution in [0.4, 0.5) is 18.9 Å². The smallest absolute Gasteiger partial charge is 0.416 e. The number of carbonyl (C=O) groups is 2. The standard InChI is InChI=1S/C21H17F3N2O3/c1-2-29-18(27)17-16(13-6-4-3-5-7-13)20(17,12-25)19(28)26-15-10-8-14(9-11-15)21(22,23)24/h3-11,16-17H,2H2,1H3,(H,26,28)/t16-,17-,20+/m1/s1. The normalized spacial score (nSPS) is 23.0. The number of nitrogens with zero attached hydrogens (tertiary/aromatic N) is 1. The van der Waals surface area contributed by atoms with E-state index in [-0.39, 0.29) is 12.3 Å². The summed E-state index contributed by atoms with van der Waals surface area (Å²) in [5, 5.41) is 12.3. The van der Waals surface area contributed by atoms with Gasteiger partial charge in [-0.25, -0.2) is 0 Å². The van der Waals surface area contributed by atoms with Gasteiger partial charge < -0.3 is 10.1 Å². The molecule has 1 fully saturated rings. The summed E-state index contributed by atoms with van der Waals surface area (Å²) < 4.78 is 43.2. The third kappa shape index (κ3) is 3.68. The van der Waals surface area contributed by atoms with Gasteiger partial charge in [-0.3, -0.25) is 9.59 Å². The summed E-state index contributed by atoms with van der Waals surface area (Å²) in [7, 11) is 0. The molecule has 150 valence electrons. The molecule has 1 aliphatic rings. The fraction of sp³-hybridized carbons (Fsp3) is 0.286. The Morgan fingerprint density at radius 3 is 2.28 bits per heavy atom. The number of amides is 1. The molecule has 0 unspecified atom stereocenters. The van der Waals surface area contributed by atoms with E-state index in [1.807, 2.05) is 6.07 Å². The molecule has 3 atom stereocenters. The maximum atomic E-state index is 12.9. The Morgan fingerprint density at radius 2 is 1.76 bits per heavy atom. The number of rotatable bonds is 5. The summed E-state index contributed by atoms with van der Waals surface area (Å²) in [4.78, 5) is 25.3. The van der Waals surface area contributed by atoms with Gasteiger partial charge in [0.15, 0.2) is 5.41 Å². The number of anilines is 1. The van der Waals surface area contributed by atoms with Crippen LogP contribution < -0.4 is 5.32 Å². The second-order valence-corrected chi connectivity index (χ2v) is 6.63. The van der Waals surface area contributed by atoms with Gasteiger partial charge in [-0.15, -0.1) is 0 Å². The largest absolute Gasteiger partial charge is 0.466 e. The molecule has 0 aromatic heterocycles. The Balaban J connectivity index is 1.89. The van der Waals surface area contributed by atoms with Crippen LogP contribution in [0.2, 0.25) is 0 Å². The first kappa shape index (κ1) is 20.4. The monoisotopic (exact) mass is 402 g/mol. The maximum Gasteiger partial charge on any atom is 0.416 e. The number of hydrogen-bond donors (Lipinski definition) is 1. The number of carbonyl (C=O) groups excluding carboxylic acids is 2. The van der Waals surface area contributed by atoms with Gasteiger partial charge in [0.1, 0.15) is 0 Å². The van der Waals surface area contributed by atoms with Crippen LogP contribution >= 0.6 is 0 Å². The van der Waals surface area contributed by atoms with E-state index in [4.69, 9.17) is 4.74 Å². The van der Waals surface area contributed by atoms with Gasteiger partial charge >= 0.3 is 12.1 Å². The van der Waals surface area contributed by atoms with Gasteiger partial charge in [0.05, 0.1) is 24.2 Å². The highest BCUT2D eigenvalue weighted by Gasteiger charge is 2.75. The fourth-order valence-electron chi connectivity index (χ4n) is 3.51. The van der Waals surface area contributed by atoms with Gasteiger partial charge in [-0.2, -0.15) is 18.4 Å². The average molecular weight is 402 g/mol. The molecule has 0 spiro atoms. The van der Waals surface area contributed by atoms with Crippen molar-refractivity contribution < 1.29 is 27.5 Å². The molecule has 8 heteroatoms. The number of ether oxygens (including phenoxy) is 1. The Labute approximate surface area is 165 Å². The molecule has 1 N–H and O–H groups in total. The quantitative estimate of drug-likeness (QED) is 0.763. The Bertz CT molecular complexity index is 952. The van der Waals surface area contributed by atoms with E-state index in [1.165, 1.54) is 0 Å². The molecule has 2 aromatic carbocycles. The van der Waals surface area contributed by atoms with Crippen molar-refractivity contribution in [2.75, 3.05) is 11.9 Å². The zero-order valence-electron chi connectivity index (χ0n) is 15.4. The highest BCUT2D eigenvalue weighted by atomic mass is 19.4. The molecule has 1 saturated carbocycles. The van der Waals surface area contributed by atoms with Crippen molar-refractivity contribution in [2.45, 2.75) is 19.0 Å². The first-order valence-corrected chi connectivity index (χ1v) is 8.87. The van der Waals surface area contributed by atoms with Crippen molar-refractivity contribution in [1.29, 1.82) is 5.26 Å². The predicted octanol–water partition coefficient (Wildman–Crippen LogP) is 4.13. The zero-order chi connectivity index (χ0) is 21.2. The van der Waals surface area contributed by atoms with Crippen LogP contribution in [-0.2, 0) is 20.5 Å². The van der Waals surface area contributed by atoms with Crippen molar-refractivity contribution >= 4 is 17.6 Å². The van der Waals surface area contributed by atoms with E-state index >= 15 is 0 Å². The van der Waals surface area contributed by atoms with Gasteiger partial charge in [-0.1, -0.05) is 30.3 Å². The Morgan fingerprint density at radius 1 is 1.14 bits per heavy atom. The van der Waals surface area contributed by atoms with Gasteiger partial charge in [0.2, 0.25) is 5.91 Å². The van der Waals surface area contributed by atoms with Crippen molar-refractivity contribution in [3.63, 3.8) is 0 Å². The Hall–Kier alpha value is -3.34. The third-order valence-electron chi connectivity index (χ3n) is 4.94. The van der Waals surface area contributed by atoms with E-state index < -0.39 is 40.9 Å². The van der Waals surface area contributed by atoms with Crippen LogP contribution in [-0.4, -0.2) is 18.5 Å². The van der Waals surface area contributed by atoms with Crippen LogP contribution in [0.25, 0.3) is 0 Å². The molecule has 29 heavy (non-hydrogen) atoms. The number of hydrogen-bond acceptors (Lipinski definition) is 4. The lowest BCUT2D eigenvalue weighted by atomic mass is 9.99. The zero-order valence-corrected chi connectivity index (χ0v) is 15.4. The second kappa shape index (κ2) is 7.59. The SMILES string of the molecule is CCOC(=O)[C@H]1[C@@H](c2ccccc2)[C@]1(C#N)C(=O)Nc1ccc(C(F)(F)F)cc1. The molecule has 3 rings (SSSR count). The van der Waals surface area contributed by atoms with E-state index in [0.29, 0.717) is 5.56 Å². The van der Waals surface area contributed by atoms with E-state index in [2.05, 4.69) is 5.32 Å². The molecule has 1 amide bonds. The molecule has 0 aliphatic heterocycles. The molecule has 0 heterocycles. The molecule has 2 aromatic rings. The van der Waals surface area contributed by atoms with Crippen LogP contribution in [0.5, 0.6) is 0 Å². The summed E-state index contributed by atoms with van der Waals surface area (Å²) in [6, 6.07) is 14.5. The van der Waals surface area contributed by atoms with Gasteiger partial charge in [-0.05, 0) is 36.8 Å². The van der Waals surface area contributed by atoms with Crippen LogP contribution in [0.1, 0.15) is 24.0 Å². The van der Waals surface area contributed by atoms with E-state index in [1.54, 1.807) is 37.3 Å². The number of nitriles is 1. The van der Waals surface area contributed by atoms with Crippen LogP contribution in [0.3, 0.4) is 0 Å². The number of halogens is 3. The topological polar surface area (TPSA) is 79.2 Å². The molecule has 1 aliphatic carbocycles. The summed E-state index contributed by atoms with van der Waals surface area (Å²) in [6.45, 7) is 1.72. The minimum atomic E-state index is -4.50. The fourth-order valence-corrected chi connectivity index (χ4v) is 3.51. The minimum Gasteiger partial charge on any atom is -0.466 e. The van der Waals surface area contributed by atoms with Crippen molar-refractivity contribution in [2.24, 2.45) is 11.3 Å². The summed E-state index contributed by atoms with van der Waals surface area (Å²) in [5.74, 6) is -3.12. The van der Waals surface area contributed by atoms with Crippen molar-refractivity contribution in [3.05, 3.63) is 65.7 Å². The highest BCUT2D eigenvalue weighted by Crippen LogP contribution is 2.65. The lowest BCUT2D eigenvalue weighted by Crippen LogP contribution is -2.28. The minimum absolute atomic E-state index is 0.0961. The van der Waals surface area contributed by atoms with Crippen molar-refractivity contribution in [1.82, 2.24) is 0 Å². The molecular weight excluding hydrogens is 385 g/mol. The van der Waals surface area contributed by atoms with E-state index in [0.717, 1.165) is 24.3 Å².